The van der Waals surface area contributed by atoms with Crippen LogP contribution in [-0.2, 0) is 4.74 Å². The molecule has 0 atom stereocenters. The summed E-state index contributed by atoms with van der Waals surface area (Å²) in [5.41, 5.74) is 5.68. The van der Waals surface area contributed by atoms with Crippen molar-refractivity contribution in [3.05, 3.63) is 11.8 Å². The van der Waals surface area contributed by atoms with Crippen LogP contribution in [0.25, 0.3) is 10.6 Å². The quantitative estimate of drug-likeness (QED) is 0.882. The second-order valence-electron chi connectivity index (χ2n) is 5.18. The Morgan fingerprint density at radius 1 is 1.50 bits per heavy atom. The van der Waals surface area contributed by atoms with Crippen molar-refractivity contribution in [3.8, 4) is 10.6 Å². The van der Waals surface area contributed by atoms with Crippen LogP contribution in [0.1, 0.15) is 26.5 Å². The Kier molecular flexibility index (Phi) is 3.67. The number of anilines is 2. The van der Waals surface area contributed by atoms with Gasteiger partial charge in [0.2, 0.25) is 0 Å². The normalized spacial score (nSPS) is 11.4. The first-order valence-electron chi connectivity index (χ1n) is 5.94. The molecule has 20 heavy (non-hydrogen) atoms. The van der Waals surface area contributed by atoms with E-state index in [0.29, 0.717) is 16.7 Å². The van der Waals surface area contributed by atoms with Crippen LogP contribution in [0.4, 0.5) is 15.7 Å². The molecular weight excluding hydrogens is 280 g/mol. The number of aromatic nitrogens is 2. The Hall–Kier alpha value is -2.09. The van der Waals surface area contributed by atoms with Gasteiger partial charge in [0.25, 0.3) is 0 Å². The van der Waals surface area contributed by atoms with Crippen LogP contribution in [0, 0.1) is 6.92 Å². The minimum Gasteiger partial charge on any atom is -0.444 e. The number of nitrogens with one attached hydrogen (secondary N) is 1. The number of ether oxygens (including phenoxy) is 1. The summed E-state index contributed by atoms with van der Waals surface area (Å²) < 4.78 is 10.2. The number of thiazole rings is 1. The fourth-order valence-corrected chi connectivity index (χ4v) is 2.37. The molecule has 0 unspecified atom stereocenters. The lowest BCUT2D eigenvalue weighted by atomic mass is 10.2. The van der Waals surface area contributed by atoms with E-state index >= 15 is 0 Å². The summed E-state index contributed by atoms with van der Waals surface area (Å²) in [5, 5.41) is 6.64. The first-order chi connectivity index (χ1) is 9.24. The van der Waals surface area contributed by atoms with Crippen LogP contribution >= 0.6 is 11.3 Å². The lowest BCUT2D eigenvalue weighted by molar-refractivity contribution is 0.0636. The second kappa shape index (κ2) is 5.12. The topological polar surface area (TPSA) is 103 Å². The van der Waals surface area contributed by atoms with Gasteiger partial charge in [-0.1, -0.05) is 16.5 Å². The van der Waals surface area contributed by atoms with E-state index in [4.69, 9.17) is 15.0 Å². The van der Waals surface area contributed by atoms with E-state index in [0.717, 1.165) is 10.6 Å². The number of nitrogens with two attached hydrogens (primary N) is 1. The van der Waals surface area contributed by atoms with E-state index in [1.807, 2.05) is 6.92 Å². The van der Waals surface area contributed by atoms with Crippen LogP contribution in [0.5, 0.6) is 0 Å². The number of carbonyl (C=O) groups is 1. The molecule has 2 aromatic heterocycles. The van der Waals surface area contributed by atoms with Crippen molar-refractivity contribution in [2.24, 2.45) is 0 Å². The molecule has 0 radical (unpaired) electrons. The van der Waals surface area contributed by atoms with E-state index in [1.165, 1.54) is 11.3 Å². The van der Waals surface area contributed by atoms with Crippen LogP contribution in [0.15, 0.2) is 10.6 Å². The molecule has 3 N–H and O–H groups in total. The molecule has 8 heteroatoms. The second-order valence-corrected chi connectivity index (χ2v) is 6.18. The number of carbonyl (C=O) groups excluding carboxylic acids is 1. The van der Waals surface area contributed by atoms with Crippen molar-refractivity contribution in [1.82, 2.24) is 10.1 Å². The smallest absolute Gasteiger partial charge is 0.413 e. The maximum Gasteiger partial charge on any atom is 0.413 e. The fourth-order valence-electron chi connectivity index (χ4n) is 1.47. The van der Waals surface area contributed by atoms with Gasteiger partial charge in [0, 0.05) is 6.07 Å². The largest absolute Gasteiger partial charge is 0.444 e. The first kappa shape index (κ1) is 14.3. The molecule has 0 saturated carbocycles. The van der Waals surface area contributed by atoms with E-state index in [9.17, 15) is 4.79 Å². The van der Waals surface area contributed by atoms with E-state index in [1.54, 1.807) is 26.8 Å². The Labute approximate surface area is 120 Å². The average Bonchev–Trinajstić information content (AvgIpc) is 2.82. The predicted octanol–water partition coefficient (Wildman–Crippen LogP) is 3.04. The molecule has 0 fully saturated rings. The zero-order valence-corrected chi connectivity index (χ0v) is 12.5. The highest BCUT2D eigenvalue weighted by Gasteiger charge is 2.19. The molecule has 0 spiro atoms. The van der Waals surface area contributed by atoms with Crippen LogP contribution in [0.2, 0.25) is 0 Å². The number of aryl methyl sites for hydroxylation is 1. The van der Waals surface area contributed by atoms with Crippen molar-refractivity contribution in [3.63, 3.8) is 0 Å². The van der Waals surface area contributed by atoms with Crippen molar-refractivity contribution >= 4 is 28.4 Å². The average molecular weight is 296 g/mol. The third kappa shape index (κ3) is 3.47. The zero-order valence-electron chi connectivity index (χ0n) is 11.7. The van der Waals surface area contributed by atoms with Crippen LogP contribution in [0.3, 0.4) is 0 Å². The van der Waals surface area contributed by atoms with Gasteiger partial charge in [-0.05, 0) is 27.7 Å². The Morgan fingerprint density at radius 2 is 2.20 bits per heavy atom. The molecule has 0 saturated heterocycles. The molecule has 1 amide bonds. The lowest BCUT2D eigenvalue weighted by Gasteiger charge is -2.18. The number of nitrogen functional groups attached to an aromatic ring is 1. The molecule has 0 aromatic carbocycles. The number of amides is 1. The summed E-state index contributed by atoms with van der Waals surface area (Å²) in [7, 11) is 0. The maximum absolute atomic E-state index is 11.7. The van der Waals surface area contributed by atoms with Crippen molar-refractivity contribution in [1.29, 1.82) is 0 Å². The molecule has 2 aromatic rings. The van der Waals surface area contributed by atoms with Gasteiger partial charge in [-0.25, -0.2) is 9.78 Å². The minimum absolute atomic E-state index is 0.300. The maximum atomic E-state index is 11.7. The molecule has 0 bridgehead atoms. The molecular formula is C12H16N4O3S. The van der Waals surface area contributed by atoms with Crippen molar-refractivity contribution < 1.29 is 14.1 Å². The third-order valence-electron chi connectivity index (χ3n) is 2.16. The fraction of sp³-hybridized carbons (Fsp3) is 0.417. The standard InChI is InChI=1S/C12H16N4O3S/c1-6-9(7-5-8(13)16-19-7)20-10(14-6)15-11(17)18-12(2,3)4/h5H,1-4H3,(H2,13,16)(H,14,15,17). The summed E-state index contributed by atoms with van der Waals surface area (Å²) in [6, 6.07) is 1.61. The Balaban J connectivity index is 2.14. The predicted molar refractivity (Wildman–Crippen MR) is 76.6 cm³/mol. The highest BCUT2D eigenvalue weighted by Crippen LogP contribution is 2.33. The SMILES string of the molecule is Cc1nc(NC(=O)OC(C)(C)C)sc1-c1cc(N)no1. The molecule has 2 rings (SSSR count). The van der Waals surface area contributed by atoms with E-state index in [-0.39, 0.29) is 0 Å². The monoisotopic (exact) mass is 296 g/mol. The van der Waals surface area contributed by atoms with Crippen molar-refractivity contribution in [2.75, 3.05) is 11.1 Å². The van der Waals surface area contributed by atoms with Gasteiger partial charge in [0.1, 0.15) is 5.60 Å². The Morgan fingerprint density at radius 3 is 2.75 bits per heavy atom. The number of hydrogen-bond acceptors (Lipinski definition) is 7. The molecule has 0 aliphatic heterocycles. The van der Waals surface area contributed by atoms with Crippen LogP contribution < -0.4 is 11.1 Å². The number of hydrogen-bond donors (Lipinski definition) is 2. The lowest BCUT2D eigenvalue weighted by Crippen LogP contribution is -2.27. The molecule has 7 nitrogen and oxygen atoms in total. The molecule has 0 aliphatic rings. The Bertz CT molecular complexity index is 627. The minimum atomic E-state index is -0.557. The first-order valence-corrected chi connectivity index (χ1v) is 6.76. The summed E-state index contributed by atoms with van der Waals surface area (Å²) in [6.45, 7) is 7.19. The summed E-state index contributed by atoms with van der Waals surface area (Å²) in [6.07, 6.45) is -0.546. The number of nitrogens with zero attached hydrogens (tertiary/aromatic N) is 2. The highest BCUT2D eigenvalue weighted by molar-refractivity contribution is 7.19. The van der Waals surface area contributed by atoms with E-state index in [2.05, 4.69) is 15.5 Å². The number of rotatable bonds is 2. The third-order valence-corrected chi connectivity index (χ3v) is 3.24. The van der Waals surface area contributed by atoms with Gasteiger partial charge < -0.3 is 15.0 Å². The van der Waals surface area contributed by atoms with Gasteiger partial charge >= 0.3 is 6.09 Å². The van der Waals surface area contributed by atoms with Crippen molar-refractivity contribution in [2.45, 2.75) is 33.3 Å². The van der Waals surface area contributed by atoms with E-state index < -0.39 is 11.7 Å². The van der Waals surface area contributed by atoms with Gasteiger partial charge in [-0.15, -0.1) is 0 Å². The van der Waals surface area contributed by atoms with Gasteiger partial charge in [0.15, 0.2) is 16.7 Å². The summed E-state index contributed by atoms with van der Waals surface area (Å²) in [4.78, 5) is 16.7. The zero-order chi connectivity index (χ0) is 14.9. The molecule has 0 aliphatic carbocycles. The summed E-state index contributed by atoms with van der Waals surface area (Å²) in [5.74, 6) is 0.823. The molecule has 2 heterocycles. The van der Waals surface area contributed by atoms with Gasteiger partial charge in [0.05, 0.1) is 10.6 Å². The van der Waals surface area contributed by atoms with Crippen LogP contribution in [-0.4, -0.2) is 21.8 Å². The van der Waals surface area contributed by atoms with Gasteiger partial charge in [-0.2, -0.15) is 0 Å². The summed E-state index contributed by atoms with van der Waals surface area (Å²) >= 11 is 1.27. The highest BCUT2D eigenvalue weighted by atomic mass is 32.1. The molecule has 108 valence electrons. The van der Waals surface area contributed by atoms with Gasteiger partial charge in [-0.3, -0.25) is 5.32 Å².